The highest BCUT2D eigenvalue weighted by Crippen LogP contribution is 2.15. The number of carbonyl (C=O) groups is 2. The topological polar surface area (TPSA) is 73.2 Å². The van der Waals surface area contributed by atoms with Crippen molar-refractivity contribution in [2.45, 2.75) is 6.92 Å². The highest BCUT2D eigenvalue weighted by Gasteiger charge is 2.11. The van der Waals surface area contributed by atoms with Gasteiger partial charge in [0.15, 0.2) is 5.69 Å². The van der Waals surface area contributed by atoms with Crippen LogP contribution in [0.4, 0.5) is 10.1 Å². The van der Waals surface area contributed by atoms with E-state index in [9.17, 15) is 14.0 Å². The van der Waals surface area contributed by atoms with Crippen LogP contribution < -0.4 is 5.32 Å². The minimum absolute atomic E-state index is 0.203. The maximum absolute atomic E-state index is 13.2. The second-order valence-corrected chi connectivity index (χ2v) is 5.79. The Morgan fingerprint density at radius 2 is 2.00 bits per heavy atom. The van der Waals surface area contributed by atoms with Crippen molar-refractivity contribution in [1.82, 2.24) is 9.78 Å². The molecule has 0 saturated carbocycles. The van der Waals surface area contributed by atoms with Crippen molar-refractivity contribution < 1.29 is 18.7 Å². The number of halogens is 1. The third-order valence-electron chi connectivity index (χ3n) is 3.73. The summed E-state index contributed by atoms with van der Waals surface area (Å²) in [6, 6.07) is 14.5. The van der Waals surface area contributed by atoms with E-state index in [2.05, 4.69) is 10.4 Å². The van der Waals surface area contributed by atoms with E-state index in [4.69, 9.17) is 4.74 Å². The maximum Gasteiger partial charge on any atom is 0.358 e. The van der Waals surface area contributed by atoms with E-state index in [0.717, 1.165) is 0 Å². The molecule has 0 aliphatic heterocycles. The zero-order chi connectivity index (χ0) is 19.9. The first-order valence-electron chi connectivity index (χ1n) is 8.63. The molecule has 1 aromatic heterocycles. The van der Waals surface area contributed by atoms with Crippen LogP contribution in [0.5, 0.6) is 0 Å². The van der Waals surface area contributed by atoms with Crippen molar-refractivity contribution in [3.63, 3.8) is 0 Å². The summed E-state index contributed by atoms with van der Waals surface area (Å²) in [5, 5.41) is 6.92. The molecule has 0 fully saturated rings. The summed E-state index contributed by atoms with van der Waals surface area (Å²) < 4.78 is 19.6. The fourth-order valence-electron chi connectivity index (χ4n) is 2.47. The van der Waals surface area contributed by atoms with Gasteiger partial charge in [0.25, 0.3) is 0 Å². The van der Waals surface area contributed by atoms with Crippen molar-refractivity contribution in [2.24, 2.45) is 0 Å². The van der Waals surface area contributed by atoms with Gasteiger partial charge in [-0.05, 0) is 55.0 Å². The van der Waals surface area contributed by atoms with Crippen LogP contribution in [0.25, 0.3) is 11.8 Å². The van der Waals surface area contributed by atoms with Crippen LogP contribution >= 0.6 is 0 Å². The molecule has 0 atom stereocenters. The number of amides is 1. The van der Waals surface area contributed by atoms with Gasteiger partial charge in [-0.1, -0.05) is 18.2 Å². The minimum atomic E-state index is -0.492. The van der Waals surface area contributed by atoms with Crippen molar-refractivity contribution in [3.8, 4) is 5.69 Å². The molecule has 3 aromatic rings. The maximum atomic E-state index is 13.2. The van der Waals surface area contributed by atoms with E-state index in [1.165, 1.54) is 29.0 Å². The van der Waals surface area contributed by atoms with Crippen LogP contribution in [0.15, 0.2) is 66.9 Å². The van der Waals surface area contributed by atoms with E-state index < -0.39 is 5.97 Å². The lowest BCUT2D eigenvalue weighted by Gasteiger charge is -2.06. The molecule has 2 aromatic carbocycles. The monoisotopic (exact) mass is 379 g/mol. The van der Waals surface area contributed by atoms with Crippen LogP contribution in [0.1, 0.15) is 23.0 Å². The molecule has 142 valence electrons. The van der Waals surface area contributed by atoms with Crippen molar-refractivity contribution in [3.05, 3.63) is 83.9 Å². The number of hydrogen-bond donors (Lipinski definition) is 1. The number of ether oxygens (including phenoxy) is 1. The fourth-order valence-corrected chi connectivity index (χ4v) is 2.47. The van der Waals surface area contributed by atoms with Crippen molar-refractivity contribution >= 4 is 23.6 Å². The van der Waals surface area contributed by atoms with Gasteiger partial charge in [-0.2, -0.15) is 5.10 Å². The highest BCUT2D eigenvalue weighted by molar-refractivity contribution is 6.02. The molecule has 7 heteroatoms. The Balaban J connectivity index is 1.69. The first-order chi connectivity index (χ1) is 13.5. The molecule has 0 aliphatic rings. The van der Waals surface area contributed by atoms with Crippen molar-refractivity contribution in [1.29, 1.82) is 0 Å². The second kappa shape index (κ2) is 8.77. The van der Waals surface area contributed by atoms with Crippen LogP contribution in [-0.4, -0.2) is 28.3 Å². The predicted octanol–water partition coefficient (Wildman–Crippen LogP) is 3.84. The highest BCUT2D eigenvalue weighted by atomic mass is 19.1. The fraction of sp³-hybridized carbons (Fsp3) is 0.0952. The molecule has 0 bridgehead atoms. The van der Waals surface area contributed by atoms with Gasteiger partial charge in [0.05, 0.1) is 12.3 Å². The van der Waals surface area contributed by atoms with Crippen LogP contribution in [0, 0.1) is 5.82 Å². The van der Waals surface area contributed by atoms with Gasteiger partial charge in [0, 0.05) is 18.0 Å². The van der Waals surface area contributed by atoms with Gasteiger partial charge in [-0.15, -0.1) is 0 Å². The summed E-state index contributed by atoms with van der Waals surface area (Å²) in [5.74, 6) is -1.21. The van der Waals surface area contributed by atoms with Crippen LogP contribution in [0.2, 0.25) is 0 Å². The Kier molecular flexibility index (Phi) is 5.96. The molecule has 1 heterocycles. The predicted molar refractivity (Wildman–Crippen MR) is 104 cm³/mol. The first kappa shape index (κ1) is 19.0. The number of anilines is 1. The zero-order valence-corrected chi connectivity index (χ0v) is 15.1. The Morgan fingerprint density at radius 1 is 1.18 bits per heavy atom. The number of esters is 1. The molecule has 28 heavy (non-hydrogen) atoms. The van der Waals surface area contributed by atoms with E-state index >= 15 is 0 Å². The molecule has 0 spiro atoms. The summed E-state index contributed by atoms with van der Waals surface area (Å²) in [5.41, 5.74) is 2.02. The third kappa shape index (κ3) is 4.91. The van der Waals surface area contributed by atoms with Gasteiger partial charge in [-0.25, -0.2) is 13.9 Å². The number of nitrogens with one attached hydrogen (secondary N) is 1. The SMILES string of the molecule is CCOC(=O)c1ccn(-c2cccc(NC(=O)/C=C/c3cccc(F)c3)c2)n1. The Bertz CT molecular complexity index is 1030. The van der Waals surface area contributed by atoms with Crippen molar-refractivity contribution in [2.75, 3.05) is 11.9 Å². The average Bonchev–Trinajstić information content (AvgIpc) is 3.17. The van der Waals surface area contributed by atoms with E-state index in [0.29, 0.717) is 16.9 Å². The lowest BCUT2D eigenvalue weighted by molar-refractivity contribution is -0.111. The molecule has 6 nitrogen and oxygen atoms in total. The lowest BCUT2D eigenvalue weighted by Crippen LogP contribution is -2.09. The minimum Gasteiger partial charge on any atom is -0.461 e. The lowest BCUT2D eigenvalue weighted by atomic mass is 10.2. The molecule has 0 radical (unpaired) electrons. The Hall–Kier alpha value is -3.74. The number of carbonyl (C=O) groups excluding carboxylic acids is 2. The largest absolute Gasteiger partial charge is 0.461 e. The average molecular weight is 379 g/mol. The Labute approximate surface area is 161 Å². The standard InChI is InChI=1S/C21H18FN3O3/c1-2-28-21(27)19-11-12-25(24-19)18-8-4-7-17(14-18)23-20(26)10-9-15-5-3-6-16(22)13-15/h3-14H,2H2,1H3,(H,23,26)/b10-9+. The number of rotatable bonds is 6. The van der Waals surface area contributed by atoms with E-state index in [-0.39, 0.29) is 24.0 Å². The summed E-state index contributed by atoms with van der Waals surface area (Å²) in [7, 11) is 0. The normalized spacial score (nSPS) is 10.8. The Morgan fingerprint density at radius 3 is 2.79 bits per heavy atom. The number of hydrogen-bond acceptors (Lipinski definition) is 4. The third-order valence-corrected chi connectivity index (χ3v) is 3.73. The van der Waals surface area contributed by atoms with Crippen LogP contribution in [-0.2, 0) is 9.53 Å². The number of benzene rings is 2. The summed E-state index contributed by atoms with van der Waals surface area (Å²) >= 11 is 0. The first-order valence-corrected chi connectivity index (χ1v) is 8.63. The van der Waals surface area contributed by atoms with Gasteiger partial charge in [-0.3, -0.25) is 4.79 Å². The molecular weight excluding hydrogens is 361 g/mol. The van der Waals surface area contributed by atoms with Gasteiger partial charge >= 0.3 is 5.97 Å². The molecule has 1 N–H and O–H groups in total. The zero-order valence-electron chi connectivity index (χ0n) is 15.1. The number of aromatic nitrogens is 2. The van der Waals surface area contributed by atoms with E-state index in [1.807, 2.05) is 0 Å². The summed E-state index contributed by atoms with van der Waals surface area (Å²) in [6.45, 7) is 2.00. The molecule has 0 unspecified atom stereocenters. The van der Waals surface area contributed by atoms with Gasteiger partial charge < -0.3 is 10.1 Å². The molecular formula is C21H18FN3O3. The van der Waals surface area contributed by atoms with Crippen LogP contribution in [0.3, 0.4) is 0 Å². The van der Waals surface area contributed by atoms with Gasteiger partial charge in [0.1, 0.15) is 5.82 Å². The molecule has 0 saturated heterocycles. The van der Waals surface area contributed by atoms with Gasteiger partial charge in [0.2, 0.25) is 5.91 Å². The number of nitrogens with zero attached hydrogens (tertiary/aromatic N) is 2. The van der Waals surface area contributed by atoms with E-state index in [1.54, 1.807) is 55.6 Å². The second-order valence-electron chi connectivity index (χ2n) is 5.79. The quantitative estimate of drug-likeness (QED) is 0.522. The smallest absolute Gasteiger partial charge is 0.358 e. The summed E-state index contributed by atoms with van der Waals surface area (Å²) in [4.78, 5) is 23.8. The molecule has 1 amide bonds. The molecule has 0 aliphatic carbocycles. The summed E-state index contributed by atoms with van der Waals surface area (Å²) in [6.07, 6.45) is 4.49. The molecule has 3 rings (SSSR count).